The molecule has 5 nitrogen and oxygen atoms in total. The zero-order valence-electron chi connectivity index (χ0n) is 11.9. The Balaban J connectivity index is 2.32. The summed E-state index contributed by atoms with van der Waals surface area (Å²) < 4.78 is 5.19. The van der Waals surface area contributed by atoms with Gasteiger partial charge in [-0.1, -0.05) is 6.07 Å². The van der Waals surface area contributed by atoms with E-state index in [0.29, 0.717) is 5.69 Å². The smallest absolute Gasteiger partial charge is 0.412 e. The molecule has 2 rings (SSSR count). The quantitative estimate of drug-likeness (QED) is 0.870. The number of nitrogens with one attached hydrogen (secondary N) is 1. The molecule has 0 atom stereocenters. The number of carbonyl (C=O) groups excluding carboxylic acids is 1. The van der Waals surface area contributed by atoms with E-state index in [4.69, 9.17) is 4.74 Å². The van der Waals surface area contributed by atoms with E-state index in [-0.39, 0.29) is 5.56 Å². The number of rotatable bonds is 2. The molecule has 0 aromatic heterocycles. The molecule has 1 aromatic carbocycles. The molecule has 0 aliphatic heterocycles. The van der Waals surface area contributed by atoms with Gasteiger partial charge in [0.1, 0.15) is 5.60 Å². The molecule has 1 amide bonds. The normalized spacial score (nSPS) is 13.8. The molecule has 0 radical (unpaired) electrons. The highest BCUT2D eigenvalue weighted by Crippen LogP contribution is 2.32. The van der Waals surface area contributed by atoms with Crippen LogP contribution in [0.5, 0.6) is 0 Å². The van der Waals surface area contributed by atoms with Crippen LogP contribution in [-0.4, -0.2) is 22.8 Å². The van der Waals surface area contributed by atoms with Gasteiger partial charge in [0.15, 0.2) is 0 Å². The zero-order valence-corrected chi connectivity index (χ0v) is 11.9. The zero-order chi connectivity index (χ0) is 14.9. The summed E-state index contributed by atoms with van der Waals surface area (Å²) in [6, 6.07) is 3.37. The van der Waals surface area contributed by atoms with Gasteiger partial charge < -0.3 is 9.84 Å². The van der Waals surface area contributed by atoms with E-state index < -0.39 is 17.7 Å². The van der Waals surface area contributed by atoms with Crippen LogP contribution in [0.2, 0.25) is 0 Å². The SMILES string of the molecule is CC(C)(C)OC(=O)Nc1c(C(=O)O)ccc2c1CCC2. The molecule has 0 saturated carbocycles. The number of carbonyl (C=O) groups is 2. The molecule has 1 aliphatic rings. The summed E-state index contributed by atoms with van der Waals surface area (Å²) >= 11 is 0. The summed E-state index contributed by atoms with van der Waals surface area (Å²) in [5.41, 5.74) is 1.88. The first kappa shape index (κ1) is 14.4. The molecular weight excluding hydrogens is 258 g/mol. The first-order chi connectivity index (χ1) is 9.28. The Kier molecular flexibility index (Phi) is 3.70. The number of carboxylic acids is 1. The summed E-state index contributed by atoms with van der Waals surface area (Å²) in [4.78, 5) is 23.2. The van der Waals surface area contributed by atoms with Gasteiger partial charge >= 0.3 is 12.1 Å². The van der Waals surface area contributed by atoms with Gasteiger partial charge in [-0.25, -0.2) is 9.59 Å². The number of ether oxygens (including phenoxy) is 1. The second-order valence-electron chi connectivity index (χ2n) is 5.91. The molecule has 2 N–H and O–H groups in total. The van der Waals surface area contributed by atoms with E-state index in [1.807, 2.05) is 6.07 Å². The Bertz CT molecular complexity index is 558. The van der Waals surface area contributed by atoms with Crippen molar-refractivity contribution in [2.24, 2.45) is 0 Å². The third-order valence-electron chi connectivity index (χ3n) is 3.14. The minimum atomic E-state index is -1.05. The number of aryl methyl sites for hydroxylation is 1. The van der Waals surface area contributed by atoms with Crippen LogP contribution in [0.1, 0.15) is 48.7 Å². The minimum absolute atomic E-state index is 0.108. The van der Waals surface area contributed by atoms with E-state index in [1.54, 1.807) is 26.8 Å². The Morgan fingerprint density at radius 1 is 1.25 bits per heavy atom. The van der Waals surface area contributed by atoms with Crippen LogP contribution in [0, 0.1) is 0 Å². The second kappa shape index (κ2) is 5.15. The van der Waals surface area contributed by atoms with Crippen LogP contribution < -0.4 is 5.32 Å². The van der Waals surface area contributed by atoms with Gasteiger partial charge in [0.25, 0.3) is 0 Å². The van der Waals surface area contributed by atoms with Crippen molar-refractivity contribution in [3.8, 4) is 0 Å². The van der Waals surface area contributed by atoms with Crippen molar-refractivity contribution >= 4 is 17.7 Å². The van der Waals surface area contributed by atoms with Gasteiger partial charge in [-0.05, 0) is 57.2 Å². The van der Waals surface area contributed by atoms with Gasteiger partial charge in [-0.2, -0.15) is 0 Å². The van der Waals surface area contributed by atoms with Gasteiger partial charge in [-0.3, -0.25) is 5.32 Å². The predicted molar refractivity (Wildman–Crippen MR) is 75.3 cm³/mol. The molecule has 1 aromatic rings. The largest absolute Gasteiger partial charge is 0.478 e. The lowest BCUT2D eigenvalue weighted by atomic mass is 10.0. The van der Waals surface area contributed by atoms with Crippen LogP contribution >= 0.6 is 0 Å². The highest BCUT2D eigenvalue weighted by atomic mass is 16.6. The minimum Gasteiger partial charge on any atom is -0.478 e. The Morgan fingerprint density at radius 3 is 2.55 bits per heavy atom. The lowest BCUT2D eigenvalue weighted by Gasteiger charge is -2.21. The van der Waals surface area contributed by atoms with Crippen molar-refractivity contribution in [1.82, 2.24) is 0 Å². The van der Waals surface area contributed by atoms with E-state index in [1.165, 1.54) is 0 Å². The first-order valence-corrected chi connectivity index (χ1v) is 6.66. The third-order valence-corrected chi connectivity index (χ3v) is 3.14. The standard InChI is InChI=1S/C15H19NO4/c1-15(2,3)20-14(19)16-12-10-6-4-5-9(10)7-8-11(12)13(17)18/h7-8H,4-6H2,1-3H3,(H,16,19)(H,17,18). The fraction of sp³-hybridized carbons (Fsp3) is 0.467. The van der Waals surface area contributed by atoms with Crippen molar-refractivity contribution in [3.63, 3.8) is 0 Å². The molecule has 1 aliphatic carbocycles. The second-order valence-corrected chi connectivity index (χ2v) is 5.91. The molecule has 0 saturated heterocycles. The van der Waals surface area contributed by atoms with E-state index in [2.05, 4.69) is 5.32 Å². The average Bonchev–Trinajstić information content (AvgIpc) is 2.74. The lowest BCUT2D eigenvalue weighted by Crippen LogP contribution is -2.28. The van der Waals surface area contributed by atoms with Crippen molar-refractivity contribution in [1.29, 1.82) is 0 Å². The molecule has 0 bridgehead atoms. The maximum absolute atomic E-state index is 11.9. The van der Waals surface area contributed by atoms with E-state index in [9.17, 15) is 14.7 Å². The maximum Gasteiger partial charge on any atom is 0.412 e. The molecule has 108 valence electrons. The average molecular weight is 277 g/mol. The first-order valence-electron chi connectivity index (χ1n) is 6.66. The highest BCUT2D eigenvalue weighted by molar-refractivity contribution is 6.00. The monoisotopic (exact) mass is 277 g/mol. The van der Waals surface area contributed by atoms with Crippen molar-refractivity contribution in [3.05, 3.63) is 28.8 Å². The van der Waals surface area contributed by atoms with Gasteiger partial charge in [0.05, 0.1) is 11.3 Å². The van der Waals surface area contributed by atoms with Gasteiger partial charge in [0, 0.05) is 0 Å². The third kappa shape index (κ3) is 3.10. The summed E-state index contributed by atoms with van der Waals surface area (Å²) in [5, 5.41) is 11.9. The van der Waals surface area contributed by atoms with Crippen molar-refractivity contribution in [2.45, 2.75) is 45.6 Å². The Labute approximate surface area is 117 Å². The molecule has 0 unspecified atom stereocenters. The fourth-order valence-electron chi connectivity index (χ4n) is 2.39. The van der Waals surface area contributed by atoms with Crippen LogP contribution in [-0.2, 0) is 17.6 Å². The van der Waals surface area contributed by atoms with Crippen LogP contribution in [0.15, 0.2) is 12.1 Å². The van der Waals surface area contributed by atoms with E-state index in [0.717, 1.165) is 30.4 Å². The molecule has 0 fully saturated rings. The fourth-order valence-corrected chi connectivity index (χ4v) is 2.39. The summed E-state index contributed by atoms with van der Waals surface area (Å²) in [7, 11) is 0. The summed E-state index contributed by atoms with van der Waals surface area (Å²) in [5.74, 6) is -1.05. The Hall–Kier alpha value is -2.04. The van der Waals surface area contributed by atoms with Crippen LogP contribution in [0.4, 0.5) is 10.5 Å². The Morgan fingerprint density at radius 2 is 1.95 bits per heavy atom. The summed E-state index contributed by atoms with van der Waals surface area (Å²) in [6.07, 6.45) is 2.04. The number of hydrogen-bond donors (Lipinski definition) is 2. The topological polar surface area (TPSA) is 75.6 Å². The van der Waals surface area contributed by atoms with Crippen molar-refractivity contribution < 1.29 is 19.4 Å². The number of carboxylic acid groups (broad SMARTS) is 1. The molecule has 0 heterocycles. The highest BCUT2D eigenvalue weighted by Gasteiger charge is 2.24. The molecular formula is C15H19NO4. The maximum atomic E-state index is 11.9. The van der Waals surface area contributed by atoms with Gasteiger partial charge in [-0.15, -0.1) is 0 Å². The number of anilines is 1. The number of benzene rings is 1. The molecule has 20 heavy (non-hydrogen) atoms. The number of amides is 1. The lowest BCUT2D eigenvalue weighted by molar-refractivity contribution is 0.0636. The van der Waals surface area contributed by atoms with Crippen LogP contribution in [0.25, 0.3) is 0 Å². The summed E-state index contributed by atoms with van der Waals surface area (Å²) in [6.45, 7) is 5.29. The number of hydrogen-bond acceptors (Lipinski definition) is 3. The van der Waals surface area contributed by atoms with Crippen molar-refractivity contribution in [2.75, 3.05) is 5.32 Å². The van der Waals surface area contributed by atoms with Gasteiger partial charge in [0.2, 0.25) is 0 Å². The number of fused-ring (bicyclic) bond motifs is 1. The number of aromatic carboxylic acids is 1. The van der Waals surface area contributed by atoms with E-state index >= 15 is 0 Å². The molecule has 5 heteroatoms. The molecule has 0 spiro atoms. The predicted octanol–water partition coefficient (Wildman–Crippen LogP) is 3.22. The van der Waals surface area contributed by atoms with Crippen LogP contribution in [0.3, 0.4) is 0 Å².